The van der Waals surface area contributed by atoms with Gasteiger partial charge >= 0.3 is 5.97 Å². The van der Waals surface area contributed by atoms with Crippen LogP contribution >= 0.6 is 34.5 Å². The molecule has 0 bridgehead atoms. The van der Waals surface area contributed by atoms with Gasteiger partial charge in [0.1, 0.15) is 10.6 Å². The van der Waals surface area contributed by atoms with E-state index in [0.717, 1.165) is 21.8 Å². The Morgan fingerprint density at radius 2 is 1.96 bits per heavy atom. The first kappa shape index (κ1) is 20.1. The summed E-state index contributed by atoms with van der Waals surface area (Å²) in [7, 11) is 1.42. The number of carboxylic acid groups (broad SMARTS) is 1. The second-order valence-corrected chi connectivity index (χ2v) is 7.40. The summed E-state index contributed by atoms with van der Waals surface area (Å²) in [6.45, 7) is 0. The van der Waals surface area contributed by atoms with Gasteiger partial charge in [0.05, 0.1) is 24.1 Å². The Kier molecular flexibility index (Phi) is 6.52. The highest BCUT2D eigenvalue weighted by Crippen LogP contribution is 2.32. The topological polar surface area (TPSA) is 59.4 Å². The molecule has 4 nitrogen and oxygen atoms in total. The van der Waals surface area contributed by atoms with Crippen molar-refractivity contribution < 1.29 is 14.6 Å². The fourth-order valence-electron chi connectivity index (χ4n) is 2.56. The van der Waals surface area contributed by atoms with Crippen LogP contribution in [0.15, 0.2) is 54.1 Å². The van der Waals surface area contributed by atoms with Gasteiger partial charge in [-0.1, -0.05) is 53.5 Å². The average Bonchev–Trinajstić information content (AvgIpc) is 3.13. The van der Waals surface area contributed by atoms with Gasteiger partial charge in [0.25, 0.3) is 0 Å². The summed E-state index contributed by atoms with van der Waals surface area (Å²) in [6, 6.07) is 12.5. The standard InChI is InChI=1S/C21H15Cl2NO3S/c1-27-11-18(21(25)26)16-5-3-2-4-13(16)6-8-15-12-28-20(24-15)17-9-7-14(22)10-19(17)23/h2-12H,1H3,(H,25,26). The van der Waals surface area contributed by atoms with Gasteiger partial charge in [-0.3, -0.25) is 0 Å². The van der Waals surface area contributed by atoms with Crippen molar-refractivity contribution in [3.8, 4) is 10.6 Å². The zero-order valence-corrected chi connectivity index (χ0v) is 17.1. The van der Waals surface area contributed by atoms with Crippen LogP contribution in [0.5, 0.6) is 0 Å². The molecule has 0 saturated heterocycles. The van der Waals surface area contributed by atoms with Gasteiger partial charge in [-0.15, -0.1) is 11.3 Å². The number of nitrogens with zero attached hydrogens (tertiary/aromatic N) is 1. The Bertz CT molecular complexity index is 1070. The van der Waals surface area contributed by atoms with Crippen LogP contribution < -0.4 is 0 Å². The minimum atomic E-state index is -1.06. The van der Waals surface area contributed by atoms with E-state index in [4.69, 9.17) is 27.9 Å². The monoisotopic (exact) mass is 431 g/mol. The molecule has 142 valence electrons. The number of carbonyl (C=O) groups is 1. The number of rotatable bonds is 6. The smallest absolute Gasteiger partial charge is 0.339 e. The van der Waals surface area contributed by atoms with Crippen LogP contribution in [0.25, 0.3) is 28.3 Å². The highest BCUT2D eigenvalue weighted by molar-refractivity contribution is 7.13. The summed E-state index contributed by atoms with van der Waals surface area (Å²) < 4.78 is 4.91. The Morgan fingerprint density at radius 1 is 1.18 bits per heavy atom. The molecule has 1 aromatic heterocycles. The van der Waals surface area contributed by atoms with Crippen LogP contribution in [0, 0.1) is 0 Å². The molecule has 7 heteroatoms. The molecule has 3 aromatic rings. The van der Waals surface area contributed by atoms with Crippen LogP contribution in [0.1, 0.15) is 16.8 Å². The number of hydrogen-bond acceptors (Lipinski definition) is 4. The van der Waals surface area contributed by atoms with Gasteiger partial charge in [0.15, 0.2) is 0 Å². The van der Waals surface area contributed by atoms with Crippen LogP contribution in [-0.4, -0.2) is 23.2 Å². The lowest BCUT2D eigenvalue weighted by Gasteiger charge is -2.06. The molecule has 0 fully saturated rings. The average molecular weight is 432 g/mol. The Labute approximate surface area is 176 Å². The number of methoxy groups -OCH3 is 1. The van der Waals surface area contributed by atoms with E-state index in [-0.39, 0.29) is 5.57 Å². The third-order valence-electron chi connectivity index (χ3n) is 3.83. The third-order valence-corrected chi connectivity index (χ3v) is 5.28. The van der Waals surface area contributed by atoms with E-state index in [1.807, 2.05) is 35.7 Å². The molecule has 0 saturated carbocycles. The van der Waals surface area contributed by atoms with Crippen molar-refractivity contribution in [2.75, 3.05) is 7.11 Å². The van der Waals surface area contributed by atoms with Crippen molar-refractivity contribution in [1.82, 2.24) is 4.98 Å². The Balaban J connectivity index is 1.91. The Hall–Kier alpha value is -2.60. The number of carboxylic acids is 1. The van der Waals surface area contributed by atoms with Gasteiger partial charge in [0.2, 0.25) is 0 Å². The van der Waals surface area contributed by atoms with Crippen LogP contribution in [0.2, 0.25) is 10.0 Å². The predicted molar refractivity (Wildman–Crippen MR) is 116 cm³/mol. The normalized spacial score (nSPS) is 11.8. The third kappa shape index (κ3) is 4.62. The summed E-state index contributed by atoms with van der Waals surface area (Å²) in [4.78, 5) is 16.1. The maximum atomic E-state index is 11.5. The molecule has 0 spiro atoms. The zero-order chi connectivity index (χ0) is 20.1. The number of aromatic nitrogens is 1. The van der Waals surface area contributed by atoms with Crippen molar-refractivity contribution >= 4 is 58.2 Å². The van der Waals surface area contributed by atoms with E-state index in [9.17, 15) is 9.90 Å². The van der Waals surface area contributed by atoms with Crippen LogP contribution in [0.3, 0.4) is 0 Å². The summed E-state index contributed by atoms with van der Waals surface area (Å²) in [5, 5.41) is 13.2. The molecule has 2 aromatic carbocycles. The minimum Gasteiger partial charge on any atom is -0.503 e. The summed E-state index contributed by atoms with van der Waals surface area (Å²) in [5.41, 5.74) is 2.94. The van der Waals surface area contributed by atoms with Crippen molar-refractivity contribution in [2.24, 2.45) is 0 Å². The number of ether oxygens (including phenoxy) is 1. The fourth-order valence-corrected chi connectivity index (χ4v) is 3.94. The van der Waals surface area contributed by atoms with Gasteiger partial charge in [0, 0.05) is 16.0 Å². The molecule has 0 atom stereocenters. The number of halogens is 2. The lowest BCUT2D eigenvalue weighted by molar-refractivity contribution is -0.130. The molecule has 0 radical (unpaired) electrons. The van der Waals surface area contributed by atoms with Gasteiger partial charge in [-0.05, 0) is 35.4 Å². The summed E-state index contributed by atoms with van der Waals surface area (Å²) in [6.07, 6.45) is 4.87. The molecule has 0 aliphatic carbocycles. The molecule has 1 heterocycles. The maximum absolute atomic E-state index is 11.5. The second-order valence-electron chi connectivity index (χ2n) is 5.69. The van der Waals surface area contributed by atoms with E-state index in [2.05, 4.69) is 4.98 Å². The molecule has 0 aliphatic heterocycles. The van der Waals surface area contributed by atoms with Crippen molar-refractivity contribution in [3.63, 3.8) is 0 Å². The fraction of sp³-hybridized carbons (Fsp3) is 0.0476. The first-order valence-electron chi connectivity index (χ1n) is 8.14. The molecule has 0 amide bonds. The van der Waals surface area contributed by atoms with Gasteiger partial charge in [-0.25, -0.2) is 9.78 Å². The SMILES string of the molecule is COC=C(C(=O)O)c1ccccc1C=Cc1csc(-c2ccc(Cl)cc2Cl)n1. The number of aliphatic carboxylic acids is 1. The van der Waals surface area contributed by atoms with E-state index in [1.165, 1.54) is 24.7 Å². The zero-order valence-electron chi connectivity index (χ0n) is 14.7. The number of benzene rings is 2. The van der Waals surface area contributed by atoms with E-state index < -0.39 is 5.97 Å². The molecule has 3 rings (SSSR count). The lowest BCUT2D eigenvalue weighted by Crippen LogP contribution is -2.02. The lowest BCUT2D eigenvalue weighted by atomic mass is 10.00. The highest BCUT2D eigenvalue weighted by atomic mass is 35.5. The van der Waals surface area contributed by atoms with Crippen LogP contribution in [0.4, 0.5) is 0 Å². The number of hydrogen-bond donors (Lipinski definition) is 1. The summed E-state index contributed by atoms with van der Waals surface area (Å²) >= 11 is 13.7. The van der Waals surface area contributed by atoms with Crippen LogP contribution in [-0.2, 0) is 9.53 Å². The van der Waals surface area contributed by atoms with E-state index in [1.54, 1.807) is 24.3 Å². The minimum absolute atomic E-state index is 0.0784. The first-order chi connectivity index (χ1) is 13.5. The maximum Gasteiger partial charge on any atom is 0.339 e. The highest BCUT2D eigenvalue weighted by Gasteiger charge is 2.14. The molecule has 0 unspecified atom stereocenters. The van der Waals surface area contributed by atoms with Crippen molar-refractivity contribution in [3.05, 3.63) is 81.0 Å². The quantitative estimate of drug-likeness (QED) is 0.364. The predicted octanol–water partition coefficient (Wildman–Crippen LogP) is 6.36. The van der Waals surface area contributed by atoms with E-state index >= 15 is 0 Å². The second kappa shape index (κ2) is 9.06. The summed E-state index contributed by atoms with van der Waals surface area (Å²) in [5.74, 6) is -1.06. The van der Waals surface area contributed by atoms with E-state index in [0.29, 0.717) is 15.6 Å². The molecule has 1 N–H and O–H groups in total. The Morgan fingerprint density at radius 3 is 2.68 bits per heavy atom. The van der Waals surface area contributed by atoms with Crippen molar-refractivity contribution in [2.45, 2.75) is 0 Å². The number of thiazole rings is 1. The van der Waals surface area contributed by atoms with Gasteiger partial charge < -0.3 is 9.84 Å². The largest absolute Gasteiger partial charge is 0.503 e. The molecular weight excluding hydrogens is 417 g/mol. The molecular formula is C21H15Cl2NO3S. The molecule has 28 heavy (non-hydrogen) atoms. The first-order valence-corrected chi connectivity index (χ1v) is 9.78. The van der Waals surface area contributed by atoms with Gasteiger partial charge in [-0.2, -0.15) is 0 Å². The molecule has 0 aliphatic rings. The van der Waals surface area contributed by atoms with Crippen molar-refractivity contribution in [1.29, 1.82) is 0 Å².